The van der Waals surface area contributed by atoms with Crippen molar-refractivity contribution in [3.8, 4) is 0 Å². The normalized spacial score (nSPS) is 30.3. The number of amides is 2. The van der Waals surface area contributed by atoms with Crippen LogP contribution in [0.2, 0.25) is 0 Å². The van der Waals surface area contributed by atoms with Gasteiger partial charge in [0.2, 0.25) is 11.8 Å². The summed E-state index contributed by atoms with van der Waals surface area (Å²) in [6.45, 7) is 8.93. The van der Waals surface area contributed by atoms with Gasteiger partial charge in [0.15, 0.2) is 0 Å². The first-order valence-corrected chi connectivity index (χ1v) is 13.4. The Bertz CT molecular complexity index is 1280. The van der Waals surface area contributed by atoms with Crippen molar-refractivity contribution in [3.05, 3.63) is 49.6 Å². The molecule has 2 bridgehead atoms. The molecule has 0 aliphatic carbocycles. The number of para-hydroxylation sites is 1. The number of carbonyl (C=O) groups is 3. The molecule has 3 aliphatic heterocycles. The molecule has 7 atom stereocenters. The van der Waals surface area contributed by atoms with Crippen LogP contribution < -0.4 is 0 Å². The summed E-state index contributed by atoms with van der Waals surface area (Å²) in [6, 6.07) is 5.64. The van der Waals surface area contributed by atoms with E-state index in [0.717, 1.165) is 5.52 Å². The van der Waals surface area contributed by atoms with Gasteiger partial charge >= 0.3 is 5.97 Å². The molecule has 2 amide bonds. The Labute approximate surface area is 228 Å². The van der Waals surface area contributed by atoms with Crippen molar-refractivity contribution in [2.75, 3.05) is 19.8 Å². The fraction of sp³-hybridized carbons (Fsp3) is 0.500. The number of benzene rings is 1. The van der Waals surface area contributed by atoms with E-state index in [4.69, 9.17) is 9.47 Å². The number of nitrogens with zero attached hydrogens (tertiary/aromatic N) is 5. The summed E-state index contributed by atoms with van der Waals surface area (Å²) in [4.78, 5) is 44.1. The largest absolute Gasteiger partial charge is 0.461 e. The van der Waals surface area contributed by atoms with Crippen molar-refractivity contribution in [1.29, 1.82) is 0 Å². The van der Waals surface area contributed by atoms with E-state index >= 15 is 0 Å². The number of carbonyl (C=O) groups excluding carboxylic acids is 3. The molecule has 1 spiro atoms. The van der Waals surface area contributed by atoms with Gasteiger partial charge in [-0.05, 0) is 25.5 Å². The molecule has 1 N–H and O–H groups in total. The number of ether oxygens (including phenoxy) is 2. The van der Waals surface area contributed by atoms with Crippen LogP contribution in [0.5, 0.6) is 0 Å². The van der Waals surface area contributed by atoms with Gasteiger partial charge in [0.05, 0.1) is 36.1 Å². The highest BCUT2D eigenvalue weighted by atomic mass is 79.9. The number of hydrogen-bond donors (Lipinski definition) is 1. The lowest BCUT2D eigenvalue weighted by molar-refractivity contribution is -0.155. The second kappa shape index (κ2) is 10.2. The van der Waals surface area contributed by atoms with E-state index < -0.39 is 47.5 Å². The Morgan fingerprint density at radius 2 is 2.13 bits per heavy atom. The lowest BCUT2D eigenvalue weighted by atomic mass is 9.70. The topological polar surface area (TPSA) is 127 Å². The first-order chi connectivity index (χ1) is 18.3. The maximum Gasteiger partial charge on any atom is 0.312 e. The summed E-state index contributed by atoms with van der Waals surface area (Å²) in [5.41, 5.74) is 0.166. The zero-order valence-electron chi connectivity index (χ0n) is 21.0. The van der Waals surface area contributed by atoms with E-state index in [-0.39, 0.29) is 37.2 Å². The number of rotatable bonds is 10. The van der Waals surface area contributed by atoms with Gasteiger partial charge in [-0.3, -0.25) is 14.4 Å². The number of likely N-dealkylation sites (tertiary alicyclic amines) is 1. The Balaban J connectivity index is 1.54. The van der Waals surface area contributed by atoms with Crippen molar-refractivity contribution in [2.45, 2.75) is 48.6 Å². The summed E-state index contributed by atoms with van der Waals surface area (Å²) >= 11 is 3.62. The molecular weight excluding hydrogens is 558 g/mol. The van der Waals surface area contributed by atoms with E-state index in [1.54, 1.807) is 17.7 Å². The molecule has 0 radical (unpaired) electrons. The molecule has 11 nitrogen and oxygen atoms in total. The smallest absolute Gasteiger partial charge is 0.312 e. The maximum atomic E-state index is 14.4. The van der Waals surface area contributed by atoms with E-state index in [2.05, 4.69) is 39.4 Å². The average molecular weight is 588 g/mol. The molecule has 202 valence electrons. The van der Waals surface area contributed by atoms with Crippen LogP contribution in [0, 0.1) is 11.8 Å². The predicted molar refractivity (Wildman–Crippen MR) is 140 cm³/mol. The predicted octanol–water partition coefficient (Wildman–Crippen LogP) is 1.26. The van der Waals surface area contributed by atoms with Gasteiger partial charge in [-0.25, -0.2) is 4.68 Å². The third-order valence-corrected chi connectivity index (χ3v) is 8.55. The van der Waals surface area contributed by atoms with Crippen molar-refractivity contribution in [1.82, 2.24) is 24.8 Å². The third-order valence-electron chi connectivity index (χ3n) is 7.70. The van der Waals surface area contributed by atoms with Crippen LogP contribution in [0.25, 0.3) is 11.0 Å². The molecule has 3 aliphatic rings. The summed E-state index contributed by atoms with van der Waals surface area (Å²) in [7, 11) is 0. The summed E-state index contributed by atoms with van der Waals surface area (Å²) in [6.07, 6.45) is 2.77. The Kier molecular flexibility index (Phi) is 7.14. The van der Waals surface area contributed by atoms with Crippen LogP contribution in [0.15, 0.2) is 49.6 Å². The minimum atomic E-state index is -1.27. The number of aliphatic hydroxyl groups is 1. The van der Waals surface area contributed by atoms with Gasteiger partial charge in [-0.15, -0.1) is 11.7 Å². The molecule has 0 saturated carbocycles. The first kappa shape index (κ1) is 26.5. The van der Waals surface area contributed by atoms with E-state index in [0.29, 0.717) is 11.9 Å². The molecule has 2 aromatic rings. The second-order valence-electron chi connectivity index (χ2n) is 9.93. The lowest BCUT2D eigenvalue weighted by Gasteiger charge is -2.38. The first-order valence-electron chi connectivity index (χ1n) is 12.5. The van der Waals surface area contributed by atoms with Crippen molar-refractivity contribution in [3.63, 3.8) is 0 Å². The zero-order chi connectivity index (χ0) is 27.2. The van der Waals surface area contributed by atoms with Gasteiger partial charge in [-0.2, -0.15) is 0 Å². The number of aliphatic hydroxyl groups excluding tert-OH is 1. The molecule has 3 unspecified atom stereocenters. The van der Waals surface area contributed by atoms with Crippen molar-refractivity contribution in [2.24, 2.45) is 11.8 Å². The molecular formula is C26H30BrN5O6. The van der Waals surface area contributed by atoms with Crippen LogP contribution in [0.3, 0.4) is 0 Å². The standard InChI is InChI=1S/C26H30BrN5O6/c1-4-10-30(14-31-18-9-7-6-8-17(18)28-29-31)24(35)22-26-12-16(27)21(38-26)19(25(36)37-11-5-2)20(26)23(34)32(22)15(3)13-33/h4-9,15-16,19-22,33H,1-2,10-14H2,3H3/t15-,16?,19+,20+,21+,22?,26?/m1/s1. The van der Waals surface area contributed by atoms with Gasteiger partial charge in [0, 0.05) is 11.4 Å². The number of hydrogen-bond acceptors (Lipinski definition) is 8. The molecule has 4 heterocycles. The fourth-order valence-electron chi connectivity index (χ4n) is 6.15. The fourth-order valence-corrected chi connectivity index (χ4v) is 7.09. The molecule has 38 heavy (non-hydrogen) atoms. The number of fused-ring (bicyclic) bond motifs is 2. The Hall–Kier alpha value is -3.09. The van der Waals surface area contributed by atoms with Crippen LogP contribution in [0.1, 0.15) is 13.3 Å². The van der Waals surface area contributed by atoms with Crippen molar-refractivity contribution >= 4 is 44.7 Å². The maximum absolute atomic E-state index is 14.4. The quantitative estimate of drug-likeness (QED) is 0.250. The number of aromatic nitrogens is 3. The highest BCUT2D eigenvalue weighted by Gasteiger charge is 2.77. The monoisotopic (exact) mass is 587 g/mol. The molecule has 1 aromatic heterocycles. The Morgan fingerprint density at radius 1 is 1.37 bits per heavy atom. The minimum absolute atomic E-state index is 0.000999. The average Bonchev–Trinajstić information content (AvgIpc) is 3.63. The van der Waals surface area contributed by atoms with E-state index in [1.165, 1.54) is 15.9 Å². The number of esters is 1. The summed E-state index contributed by atoms with van der Waals surface area (Å²) < 4.78 is 13.4. The van der Waals surface area contributed by atoms with Crippen LogP contribution >= 0.6 is 15.9 Å². The highest BCUT2D eigenvalue weighted by molar-refractivity contribution is 9.09. The third kappa shape index (κ3) is 3.97. The molecule has 1 aromatic carbocycles. The molecule has 3 fully saturated rings. The SMILES string of the molecule is C=CCOC(=O)[C@H]1[C@H]2C(=O)N([C@H](C)CO)C(C(=O)N(CC=C)Cn3nnc4ccccc43)C23CC(Br)[C@@H]1O3. The van der Waals surface area contributed by atoms with Gasteiger partial charge in [0.1, 0.15) is 30.4 Å². The van der Waals surface area contributed by atoms with Crippen LogP contribution in [-0.2, 0) is 30.5 Å². The van der Waals surface area contributed by atoms with Crippen LogP contribution in [-0.4, -0.2) is 96.1 Å². The zero-order valence-corrected chi connectivity index (χ0v) is 22.6. The van der Waals surface area contributed by atoms with Gasteiger partial charge < -0.3 is 24.4 Å². The molecule has 5 rings (SSSR count). The molecule has 12 heteroatoms. The van der Waals surface area contributed by atoms with Crippen molar-refractivity contribution < 1.29 is 29.0 Å². The second-order valence-corrected chi connectivity index (χ2v) is 11.1. The van der Waals surface area contributed by atoms with Crippen LogP contribution in [0.4, 0.5) is 0 Å². The summed E-state index contributed by atoms with van der Waals surface area (Å²) in [5, 5.41) is 18.4. The Morgan fingerprint density at radius 3 is 2.84 bits per heavy atom. The van der Waals surface area contributed by atoms with Gasteiger partial charge in [0.25, 0.3) is 0 Å². The highest BCUT2D eigenvalue weighted by Crippen LogP contribution is 2.60. The number of alkyl halides is 1. The molecule has 3 saturated heterocycles. The van der Waals surface area contributed by atoms with E-state index in [1.807, 2.05) is 24.3 Å². The summed E-state index contributed by atoms with van der Waals surface area (Å²) in [5.74, 6) is -3.17. The van der Waals surface area contributed by atoms with E-state index in [9.17, 15) is 19.5 Å². The number of halogens is 1. The van der Waals surface area contributed by atoms with Gasteiger partial charge in [-0.1, -0.05) is 52.0 Å². The minimum Gasteiger partial charge on any atom is -0.461 e. The lowest BCUT2D eigenvalue weighted by Crippen LogP contribution is -2.58.